The summed E-state index contributed by atoms with van der Waals surface area (Å²) in [5, 5.41) is 8.93. The van der Waals surface area contributed by atoms with Crippen molar-refractivity contribution in [2.24, 2.45) is 0 Å². The molecule has 2 heterocycles. The zero-order valence-electron chi connectivity index (χ0n) is 11.1. The van der Waals surface area contributed by atoms with E-state index in [0.717, 1.165) is 31.1 Å². The van der Waals surface area contributed by atoms with Crippen molar-refractivity contribution in [1.82, 2.24) is 9.88 Å². The van der Waals surface area contributed by atoms with E-state index in [0.29, 0.717) is 12.2 Å². The van der Waals surface area contributed by atoms with Gasteiger partial charge in [-0.3, -0.25) is 9.88 Å². The molecule has 1 aliphatic rings. The number of ether oxygens (including phenoxy) is 1. The minimum atomic E-state index is 0.654. The third-order valence-corrected chi connectivity index (χ3v) is 3.36. The third-order valence-electron chi connectivity index (χ3n) is 3.36. The van der Waals surface area contributed by atoms with Crippen LogP contribution in [0.5, 0.6) is 5.75 Å². The molecule has 0 unspecified atom stereocenters. The predicted octanol–water partition coefficient (Wildman–Crippen LogP) is 2.35. The van der Waals surface area contributed by atoms with Gasteiger partial charge in [0.15, 0.2) is 0 Å². The van der Waals surface area contributed by atoms with E-state index in [2.05, 4.69) is 22.0 Å². The smallest absolute Gasteiger partial charge is 0.123 e. The summed E-state index contributed by atoms with van der Waals surface area (Å²) in [5.41, 5.74) is 2.77. The van der Waals surface area contributed by atoms with Crippen LogP contribution in [-0.4, -0.2) is 23.0 Å². The van der Waals surface area contributed by atoms with Gasteiger partial charge in [0.2, 0.25) is 0 Å². The number of hydrogen-bond acceptors (Lipinski definition) is 4. The molecule has 4 heteroatoms. The number of pyridine rings is 1. The van der Waals surface area contributed by atoms with Crippen LogP contribution in [0.2, 0.25) is 0 Å². The van der Waals surface area contributed by atoms with E-state index >= 15 is 0 Å². The van der Waals surface area contributed by atoms with Crippen LogP contribution in [-0.2, 0) is 13.1 Å². The van der Waals surface area contributed by atoms with Crippen molar-refractivity contribution < 1.29 is 4.74 Å². The van der Waals surface area contributed by atoms with Crippen LogP contribution < -0.4 is 4.74 Å². The van der Waals surface area contributed by atoms with E-state index in [1.807, 2.05) is 24.3 Å². The van der Waals surface area contributed by atoms with Crippen LogP contribution in [0.4, 0.5) is 0 Å². The molecular weight excluding hydrogens is 250 g/mol. The fraction of sp³-hybridized carbons (Fsp3) is 0.250. The van der Waals surface area contributed by atoms with Crippen molar-refractivity contribution in [2.75, 3.05) is 13.2 Å². The Morgan fingerprint density at radius 2 is 2.20 bits per heavy atom. The second-order valence-electron chi connectivity index (χ2n) is 4.81. The third kappa shape index (κ3) is 2.79. The summed E-state index contributed by atoms with van der Waals surface area (Å²) in [5.74, 6) is 0.966. The standard InChI is InChI=1S/C16H15N3O/c17-10-13-5-6-18-15(9-13)12-19-7-8-20-16-4-2-1-3-14(16)11-19/h1-6,9H,7-8,11-12H2. The van der Waals surface area contributed by atoms with E-state index < -0.39 is 0 Å². The molecule has 0 radical (unpaired) electrons. The number of nitriles is 1. The lowest BCUT2D eigenvalue weighted by Crippen LogP contribution is -2.25. The largest absolute Gasteiger partial charge is 0.492 e. The summed E-state index contributed by atoms with van der Waals surface area (Å²) >= 11 is 0. The van der Waals surface area contributed by atoms with Gasteiger partial charge in [0.25, 0.3) is 0 Å². The van der Waals surface area contributed by atoms with Crippen molar-refractivity contribution in [3.63, 3.8) is 0 Å². The molecule has 0 amide bonds. The Morgan fingerprint density at radius 3 is 3.10 bits per heavy atom. The van der Waals surface area contributed by atoms with Crippen LogP contribution >= 0.6 is 0 Å². The first-order valence-electron chi connectivity index (χ1n) is 6.63. The lowest BCUT2D eigenvalue weighted by molar-refractivity contribution is 0.218. The maximum Gasteiger partial charge on any atom is 0.123 e. The minimum absolute atomic E-state index is 0.654. The van der Waals surface area contributed by atoms with Gasteiger partial charge in [-0.1, -0.05) is 18.2 Å². The predicted molar refractivity (Wildman–Crippen MR) is 75.0 cm³/mol. The Morgan fingerprint density at radius 1 is 1.30 bits per heavy atom. The van der Waals surface area contributed by atoms with Gasteiger partial charge in [0.05, 0.1) is 17.3 Å². The van der Waals surface area contributed by atoms with E-state index in [-0.39, 0.29) is 0 Å². The van der Waals surface area contributed by atoms with Gasteiger partial charge in [0, 0.05) is 31.4 Å². The number of fused-ring (bicyclic) bond motifs is 1. The van der Waals surface area contributed by atoms with Gasteiger partial charge in [0.1, 0.15) is 12.4 Å². The van der Waals surface area contributed by atoms with Gasteiger partial charge in [-0.15, -0.1) is 0 Å². The highest BCUT2D eigenvalue weighted by atomic mass is 16.5. The van der Waals surface area contributed by atoms with Crippen molar-refractivity contribution in [3.05, 3.63) is 59.4 Å². The molecule has 1 aromatic heterocycles. The summed E-state index contributed by atoms with van der Waals surface area (Å²) in [6, 6.07) is 13.8. The quantitative estimate of drug-likeness (QED) is 0.836. The van der Waals surface area contributed by atoms with Crippen molar-refractivity contribution in [3.8, 4) is 11.8 Å². The van der Waals surface area contributed by atoms with E-state index in [1.165, 1.54) is 5.56 Å². The van der Waals surface area contributed by atoms with Crippen LogP contribution in [0, 0.1) is 11.3 Å². The van der Waals surface area contributed by atoms with Gasteiger partial charge in [-0.05, 0) is 18.2 Å². The molecular formula is C16H15N3O. The second kappa shape index (κ2) is 5.72. The molecule has 1 aromatic carbocycles. The maximum atomic E-state index is 8.93. The van der Waals surface area contributed by atoms with Gasteiger partial charge < -0.3 is 4.74 Å². The molecule has 0 bridgehead atoms. The Labute approximate surface area is 118 Å². The second-order valence-corrected chi connectivity index (χ2v) is 4.81. The molecule has 0 fully saturated rings. The van der Waals surface area contributed by atoms with Crippen molar-refractivity contribution >= 4 is 0 Å². The highest BCUT2D eigenvalue weighted by Gasteiger charge is 2.15. The average molecular weight is 265 g/mol. The number of aromatic nitrogens is 1. The Bertz CT molecular complexity index is 648. The lowest BCUT2D eigenvalue weighted by atomic mass is 10.2. The Hall–Kier alpha value is -2.38. The molecule has 20 heavy (non-hydrogen) atoms. The number of nitrogens with zero attached hydrogens (tertiary/aromatic N) is 3. The van der Waals surface area contributed by atoms with Crippen molar-refractivity contribution in [2.45, 2.75) is 13.1 Å². The van der Waals surface area contributed by atoms with E-state index in [1.54, 1.807) is 12.3 Å². The maximum absolute atomic E-state index is 8.93. The first kappa shape index (κ1) is 12.6. The van der Waals surface area contributed by atoms with Gasteiger partial charge in [-0.2, -0.15) is 5.26 Å². The van der Waals surface area contributed by atoms with E-state index in [4.69, 9.17) is 10.00 Å². The number of para-hydroxylation sites is 1. The summed E-state index contributed by atoms with van der Waals surface area (Å²) < 4.78 is 5.75. The zero-order valence-corrected chi connectivity index (χ0v) is 11.1. The average Bonchev–Trinajstić information content (AvgIpc) is 2.69. The molecule has 1 aliphatic heterocycles. The summed E-state index contributed by atoms with van der Waals surface area (Å²) in [6.07, 6.45) is 1.69. The summed E-state index contributed by atoms with van der Waals surface area (Å²) in [6.45, 7) is 3.10. The number of hydrogen-bond donors (Lipinski definition) is 0. The lowest BCUT2D eigenvalue weighted by Gasteiger charge is -2.18. The summed E-state index contributed by atoms with van der Waals surface area (Å²) in [4.78, 5) is 6.62. The Balaban J connectivity index is 1.77. The molecule has 4 nitrogen and oxygen atoms in total. The SMILES string of the molecule is N#Cc1ccnc(CN2CCOc3ccccc3C2)c1. The van der Waals surface area contributed by atoms with Crippen LogP contribution in [0.25, 0.3) is 0 Å². The molecule has 0 saturated heterocycles. The van der Waals surface area contributed by atoms with Gasteiger partial charge in [-0.25, -0.2) is 0 Å². The first-order chi connectivity index (χ1) is 9.85. The van der Waals surface area contributed by atoms with Crippen LogP contribution in [0.15, 0.2) is 42.6 Å². The molecule has 0 aliphatic carbocycles. The van der Waals surface area contributed by atoms with Crippen LogP contribution in [0.3, 0.4) is 0 Å². The topological polar surface area (TPSA) is 49.2 Å². The molecule has 3 rings (SSSR count). The molecule has 0 spiro atoms. The molecule has 0 atom stereocenters. The fourth-order valence-corrected chi connectivity index (χ4v) is 2.38. The fourth-order valence-electron chi connectivity index (χ4n) is 2.38. The highest BCUT2D eigenvalue weighted by molar-refractivity contribution is 5.34. The van der Waals surface area contributed by atoms with Crippen LogP contribution in [0.1, 0.15) is 16.8 Å². The molecule has 2 aromatic rings. The number of benzene rings is 1. The molecule has 0 N–H and O–H groups in total. The number of rotatable bonds is 2. The molecule has 100 valence electrons. The highest BCUT2D eigenvalue weighted by Crippen LogP contribution is 2.23. The van der Waals surface area contributed by atoms with Gasteiger partial charge >= 0.3 is 0 Å². The zero-order chi connectivity index (χ0) is 13.8. The monoisotopic (exact) mass is 265 g/mol. The summed E-state index contributed by atoms with van der Waals surface area (Å²) in [7, 11) is 0. The molecule has 0 saturated carbocycles. The first-order valence-corrected chi connectivity index (χ1v) is 6.63. The Kier molecular flexibility index (Phi) is 3.62. The normalized spacial score (nSPS) is 14.8. The van der Waals surface area contributed by atoms with Crippen molar-refractivity contribution in [1.29, 1.82) is 5.26 Å². The minimum Gasteiger partial charge on any atom is -0.492 e. The van der Waals surface area contributed by atoms with E-state index in [9.17, 15) is 0 Å².